The summed E-state index contributed by atoms with van der Waals surface area (Å²) in [7, 11) is 0. The van der Waals surface area contributed by atoms with E-state index in [0.29, 0.717) is 0 Å². The van der Waals surface area contributed by atoms with Crippen molar-refractivity contribution in [3.05, 3.63) is 19.8 Å². The van der Waals surface area contributed by atoms with Crippen molar-refractivity contribution < 1.29 is 20.9 Å². The summed E-state index contributed by atoms with van der Waals surface area (Å²) in [6.45, 7) is 11.5. The van der Waals surface area contributed by atoms with Crippen molar-refractivity contribution in [2.75, 3.05) is 0 Å². The van der Waals surface area contributed by atoms with Crippen LogP contribution in [-0.2, 0) is 20.9 Å². The first-order valence-electron chi connectivity index (χ1n) is 8.82. The van der Waals surface area contributed by atoms with Gasteiger partial charge in [-0.3, -0.25) is 0 Å². The van der Waals surface area contributed by atoms with Crippen molar-refractivity contribution in [1.29, 1.82) is 0 Å². The molecule has 0 heterocycles. The van der Waals surface area contributed by atoms with Gasteiger partial charge < -0.3 is 19.8 Å². The molecule has 2 saturated carbocycles. The predicted octanol–water partition coefficient (Wildman–Crippen LogP) is 7.06. The largest absolute Gasteiger partial charge is 0.346 e. The molecule has 0 unspecified atom stereocenters. The molecule has 0 aliphatic heterocycles. The van der Waals surface area contributed by atoms with E-state index in [2.05, 4.69) is 43.9 Å². The molecule has 0 N–H and O–H groups in total. The van der Waals surface area contributed by atoms with E-state index in [1.54, 1.807) is 6.92 Å². The normalized spacial score (nSPS) is 17.7. The van der Waals surface area contributed by atoms with Crippen LogP contribution in [0, 0.1) is 19.8 Å². The Bertz CT molecular complexity index is 159. The molecule has 0 atom stereocenters. The van der Waals surface area contributed by atoms with Gasteiger partial charge in [-0.1, -0.05) is 38.5 Å². The molecular formula is C19H38NTa-3. The summed E-state index contributed by atoms with van der Waals surface area (Å²) in [4.78, 5) is 0. The number of hydrogen-bond acceptors (Lipinski definition) is 1. The van der Waals surface area contributed by atoms with Crippen LogP contribution in [0.4, 0.5) is 0 Å². The standard InChI is InChI=1S/2C6H11.C5H11N.C2H5.Ta/c2*1-2-4-6-5-3-1;1-4-5(2,3)6;1-2;/h2*1H,2-6H2;4H2,1-3H3;1H2,2H3;/q2*-1;;-1;. The van der Waals surface area contributed by atoms with Gasteiger partial charge in [0.25, 0.3) is 0 Å². The summed E-state index contributed by atoms with van der Waals surface area (Å²) >= 11 is 1.16. The molecule has 0 aromatic carbocycles. The van der Waals surface area contributed by atoms with Gasteiger partial charge in [0, 0.05) is 0 Å². The van der Waals surface area contributed by atoms with Crippen LogP contribution < -0.4 is 0 Å². The summed E-state index contributed by atoms with van der Waals surface area (Å²) in [5.41, 5.74) is 0.258. The molecule has 21 heavy (non-hydrogen) atoms. The van der Waals surface area contributed by atoms with Crippen LogP contribution in [0.1, 0.15) is 98.3 Å². The minimum atomic E-state index is 0.258. The molecule has 2 aliphatic rings. The zero-order valence-electron chi connectivity index (χ0n) is 15.0. The third-order valence-electron chi connectivity index (χ3n) is 3.77. The van der Waals surface area contributed by atoms with E-state index < -0.39 is 0 Å². The number of hydrogen-bond donors (Lipinski definition) is 0. The van der Waals surface area contributed by atoms with Crippen LogP contribution in [0.25, 0.3) is 0 Å². The molecular weight excluding hydrogens is 423 g/mol. The van der Waals surface area contributed by atoms with Gasteiger partial charge in [-0.05, 0) is 0 Å². The van der Waals surface area contributed by atoms with Gasteiger partial charge in [-0.25, -0.2) is 0 Å². The van der Waals surface area contributed by atoms with Crippen molar-refractivity contribution in [1.82, 2.24) is 0 Å². The molecule has 0 amide bonds. The zero-order chi connectivity index (χ0) is 16.4. The van der Waals surface area contributed by atoms with E-state index in [1.807, 2.05) is 0 Å². The predicted molar refractivity (Wildman–Crippen MR) is 92.6 cm³/mol. The summed E-state index contributed by atoms with van der Waals surface area (Å²) in [6.07, 6.45) is 20.2. The molecule has 2 rings (SSSR count). The minimum absolute atomic E-state index is 0.258. The van der Waals surface area contributed by atoms with E-state index >= 15 is 0 Å². The van der Waals surface area contributed by atoms with Crippen LogP contribution in [0.15, 0.2) is 3.34 Å². The van der Waals surface area contributed by atoms with E-state index in [4.69, 9.17) is 0 Å². The molecule has 2 fully saturated rings. The van der Waals surface area contributed by atoms with Gasteiger partial charge in [0.05, 0.1) is 0 Å². The van der Waals surface area contributed by atoms with E-state index in [9.17, 15) is 0 Å². The average molecular weight is 461 g/mol. The zero-order valence-corrected chi connectivity index (χ0v) is 18.2. The van der Waals surface area contributed by atoms with Gasteiger partial charge >= 0.3 is 57.0 Å². The number of rotatable bonds is 2. The first kappa shape index (κ1) is 23.8. The Hall–Kier alpha value is 0.540. The maximum atomic E-state index is 4.25. The van der Waals surface area contributed by atoms with Crippen LogP contribution in [-0.4, -0.2) is 5.54 Å². The number of nitrogens with zero attached hydrogens (tertiary/aromatic N) is 1. The molecule has 0 saturated heterocycles. The second-order valence-corrected chi connectivity index (χ2v) is 6.84. The Kier molecular flexibility index (Phi) is 21.1. The molecule has 2 heteroatoms. The van der Waals surface area contributed by atoms with Crippen molar-refractivity contribution in [2.24, 2.45) is 3.34 Å². The van der Waals surface area contributed by atoms with Crippen LogP contribution in [0.3, 0.4) is 0 Å². The van der Waals surface area contributed by atoms with E-state index in [-0.39, 0.29) is 5.54 Å². The maximum Gasteiger partial charge on any atom is -0.0582 e. The second-order valence-electron chi connectivity index (χ2n) is 6.12. The van der Waals surface area contributed by atoms with Gasteiger partial charge in [-0.15, -0.1) is 0 Å². The molecule has 2 aliphatic carbocycles. The first-order chi connectivity index (χ1) is 10.1. The SMILES string of the molecule is CCC(C)(C)[N]=[Ta].[CH-]1CCCCC1.[CH-]1CCCCC1.[CH2-]C. The Balaban J connectivity index is 0. The van der Waals surface area contributed by atoms with Crippen molar-refractivity contribution in [2.45, 2.75) is 104 Å². The van der Waals surface area contributed by atoms with E-state index in [0.717, 1.165) is 27.3 Å². The van der Waals surface area contributed by atoms with Crippen molar-refractivity contribution in [3.8, 4) is 0 Å². The smallest absolute Gasteiger partial charge is 0.0582 e. The maximum absolute atomic E-state index is 4.25. The van der Waals surface area contributed by atoms with Crippen LogP contribution in [0.2, 0.25) is 0 Å². The van der Waals surface area contributed by atoms with Crippen molar-refractivity contribution >= 4 is 0 Å². The molecule has 1 nitrogen and oxygen atoms in total. The summed E-state index contributed by atoms with van der Waals surface area (Å²) in [5, 5.41) is 0. The molecule has 0 radical (unpaired) electrons. The minimum Gasteiger partial charge on any atom is -0.346 e. The third kappa shape index (κ3) is 20.5. The fraction of sp³-hybridized carbons (Fsp3) is 0.842. The topological polar surface area (TPSA) is 12.4 Å². The third-order valence-corrected chi connectivity index (χ3v) is 5.71. The molecule has 0 aromatic heterocycles. The fourth-order valence-corrected chi connectivity index (χ4v) is 2.38. The Morgan fingerprint density at radius 2 is 1.19 bits per heavy atom. The molecule has 0 bridgehead atoms. The summed E-state index contributed by atoms with van der Waals surface area (Å²) < 4.78 is 4.25. The Labute approximate surface area is 147 Å². The molecule has 0 spiro atoms. The summed E-state index contributed by atoms with van der Waals surface area (Å²) in [6, 6.07) is 0. The Morgan fingerprint density at radius 3 is 1.24 bits per heavy atom. The van der Waals surface area contributed by atoms with Gasteiger partial charge in [0.2, 0.25) is 0 Å². The summed E-state index contributed by atoms with van der Waals surface area (Å²) in [5.74, 6) is 0. The molecule has 0 aromatic rings. The van der Waals surface area contributed by atoms with Crippen molar-refractivity contribution in [3.63, 3.8) is 0 Å². The first-order valence-corrected chi connectivity index (χ1v) is 10.3. The van der Waals surface area contributed by atoms with Gasteiger partial charge in [0.15, 0.2) is 0 Å². The van der Waals surface area contributed by atoms with E-state index in [1.165, 1.54) is 64.2 Å². The Morgan fingerprint density at radius 1 is 0.857 bits per heavy atom. The molecule has 127 valence electrons. The monoisotopic (exact) mass is 461 g/mol. The van der Waals surface area contributed by atoms with Crippen LogP contribution in [0.5, 0.6) is 0 Å². The fourth-order valence-electron chi connectivity index (χ4n) is 1.87. The quantitative estimate of drug-likeness (QED) is 0.391. The second kappa shape index (κ2) is 18.6. The average Bonchev–Trinajstić information content (AvgIpc) is 2.61. The van der Waals surface area contributed by atoms with Gasteiger partial charge in [-0.2, -0.15) is 32.6 Å². The van der Waals surface area contributed by atoms with Crippen LogP contribution >= 0.6 is 0 Å². The van der Waals surface area contributed by atoms with Gasteiger partial charge in [0.1, 0.15) is 0 Å².